The van der Waals surface area contributed by atoms with Gasteiger partial charge in [-0.25, -0.2) is 4.79 Å². The van der Waals surface area contributed by atoms with Crippen molar-refractivity contribution in [3.8, 4) is 0 Å². The van der Waals surface area contributed by atoms with Crippen LogP contribution in [0.25, 0.3) is 0 Å². The smallest absolute Gasteiger partial charge is 0.324 e. The first-order chi connectivity index (χ1) is 9.62. The molecule has 3 amide bonds. The summed E-state index contributed by atoms with van der Waals surface area (Å²) in [5.41, 5.74) is -0.294. The van der Waals surface area contributed by atoms with E-state index >= 15 is 0 Å². The van der Waals surface area contributed by atoms with Crippen LogP contribution in [-0.4, -0.2) is 29.4 Å². The molecular weight excluding hydrogens is 252 g/mol. The maximum absolute atomic E-state index is 13.0. The van der Waals surface area contributed by atoms with Gasteiger partial charge in [-0.2, -0.15) is 0 Å². The number of nitrogens with zero attached hydrogens (tertiary/aromatic N) is 1. The molecule has 0 bridgehead atoms. The summed E-state index contributed by atoms with van der Waals surface area (Å²) in [6.45, 7) is 2.82. The number of carbonyl (C=O) groups excluding carboxylic acids is 2. The van der Waals surface area contributed by atoms with Gasteiger partial charge in [0.25, 0.3) is 0 Å². The van der Waals surface area contributed by atoms with E-state index in [1.807, 2.05) is 0 Å². The van der Waals surface area contributed by atoms with Crippen LogP contribution in [0.15, 0.2) is 0 Å². The lowest BCUT2D eigenvalue weighted by Crippen LogP contribution is -2.64. The van der Waals surface area contributed by atoms with Crippen LogP contribution in [0.1, 0.15) is 64.7 Å². The minimum absolute atomic E-state index is 0.125. The van der Waals surface area contributed by atoms with Crippen molar-refractivity contribution in [2.45, 2.75) is 70.8 Å². The number of hydrogen-bond acceptors (Lipinski definition) is 2. The van der Waals surface area contributed by atoms with Crippen molar-refractivity contribution in [2.75, 3.05) is 6.54 Å². The molecule has 2 aliphatic carbocycles. The standard InChI is InChI=1S/C16H26N2O2/c1-12-7-9-16(10-8-12)11-17-15(20)18(14(16)19)13-5-3-2-4-6-13/h12-13H,2-11H2,1H3,(H,17,20). The number of urea groups is 1. The van der Waals surface area contributed by atoms with Gasteiger partial charge < -0.3 is 5.32 Å². The second-order valence-corrected chi connectivity index (χ2v) is 7.09. The third kappa shape index (κ3) is 2.33. The molecule has 4 nitrogen and oxygen atoms in total. The fraction of sp³-hybridized carbons (Fsp3) is 0.875. The van der Waals surface area contributed by atoms with E-state index in [0.717, 1.165) is 51.4 Å². The summed E-state index contributed by atoms with van der Waals surface area (Å²) in [4.78, 5) is 26.8. The van der Waals surface area contributed by atoms with E-state index in [4.69, 9.17) is 0 Å². The monoisotopic (exact) mass is 278 g/mol. The largest absolute Gasteiger partial charge is 0.337 e. The molecule has 1 spiro atoms. The topological polar surface area (TPSA) is 49.4 Å². The highest BCUT2D eigenvalue weighted by Gasteiger charge is 2.50. The number of imide groups is 1. The first-order valence-electron chi connectivity index (χ1n) is 8.24. The lowest BCUT2D eigenvalue weighted by Gasteiger charge is -2.47. The van der Waals surface area contributed by atoms with E-state index < -0.39 is 0 Å². The number of amides is 3. The van der Waals surface area contributed by atoms with Gasteiger partial charge in [0.1, 0.15) is 0 Å². The maximum Gasteiger partial charge on any atom is 0.324 e. The SMILES string of the molecule is CC1CCC2(CC1)CNC(=O)N(C1CCCCC1)C2=O. The Balaban J connectivity index is 1.78. The average Bonchev–Trinajstić information content (AvgIpc) is 2.47. The van der Waals surface area contributed by atoms with Gasteiger partial charge in [0.15, 0.2) is 0 Å². The third-order valence-corrected chi connectivity index (χ3v) is 5.64. The highest BCUT2D eigenvalue weighted by Crippen LogP contribution is 2.42. The predicted molar refractivity (Wildman–Crippen MR) is 77.2 cm³/mol. The summed E-state index contributed by atoms with van der Waals surface area (Å²) in [6, 6.07) is -0.000998. The van der Waals surface area contributed by atoms with Crippen molar-refractivity contribution >= 4 is 11.9 Å². The summed E-state index contributed by atoms with van der Waals surface area (Å²) < 4.78 is 0. The van der Waals surface area contributed by atoms with Crippen LogP contribution in [0.3, 0.4) is 0 Å². The normalized spacial score (nSPS) is 36.2. The first-order valence-corrected chi connectivity index (χ1v) is 8.24. The number of rotatable bonds is 1. The van der Waals surface area contributed by atoms with Crippen LogP contribution in [0.2, 0.25) is 0 Å². The maximum atomic E-state index is 13.0. The Morgan fingerprint density at radius 2 is 1.70 bits per heavy atom. The van der Waals surface area contributed by atoms with Crippen molar-refractivity contribution in [1.29, 1.82) is 0 Å². The highest BCUT2D eigenvalue weighted by molar-refractivity contribution is 6.00. The Labute approximate surface area is 121 Å². The molecule has 0 unspecified atom stereocenters. The Morgan fingerprint density at radius 3 is 2.35 bits per heavy atom. The Morgan fingerprint density at radius 1 is 1.05 bits per heavy atom. The number of hydrogen-bond donors (Lipinski definition) is 1. The molecule has 0 atom stereocenters. The number of carbonyl (C=O) groups is 2. The van der Waals surface area contributed by atoms with Crippen molar-refractivity contribution in [3.63, 3.8) is 0 Å². The molecule has 2 saturated carbocycles. The molecule has 20 heavy (non-hydrogen) atoms. The quantitative estimate of drug-likeness (QED) is 0.801. The van der Waals surface area contributed by atoms with Crippen LogP contribution in [0.5, 0.6) is 0 Å². The highest BCUT2D eigenvalue weighted by atomic mass is 16.2. The van der Waals surface area contributed by atoms with Gasteiger partial charge in [0.2, 0.25) is 5.91 Å². The van der Waals surface area contributed by atoms with Crippen LogP contribution in [0.4, 0.5) is 4.79 Å². The molecule has 3 fully saturated rings. The number of nitrogens with one attached hydrogen (secondary N) is 1. The molecule has 3 rings (SSSR count). The van der Waals surface area contributed by atoms with Gasteiger partial charge in [0.05, 0.1) is 5.41 Å². The van der Waals surface area contributed by atoms with Crippen molar-refractivity contribution in [2.24, 2.45) is 11.3 Å². The predicted octanol–water partition coefficient (Wildman–Crippen LogP) is 3.07. The summed E-state index contributed by atoms with van der Waals surface area (Å²) in [7, 11) is 0. The molecule has 0 aromatic carbocycles. The van der Waals surface area contributed by atoms with Gasteiger partial charge >= 0.3 is 6.03 Å². The van der Waals surface area contributed by atoms with Crippen molar-refractivity contribution < 1.29 is 9.59 Å². The fourth-order valence-corrected chi connectivity index (χ4v) is 4.13. The second-order valence-electron chi connectivity index (χ2n) is 7.09. The molecule has 1 saturated heterocycles. The molecule has 0 radical (unpaired) electrons. The van der Waals surface area contributed by atoms with E-state index in [-0.39, 0.29) is 23.4 Å². The van der Waals surface area contributed by atoms with Gasteiger partial charge in [-0.15, -0.1) is 0 Å². The molecule has 112 valence electrons. The molecule has 4 heteroatoms. The Kier molecular flexibility index (Phi) is 3.74. The minimum Gasteiger partial charge on any atom is -0.337 e. The molecule has 3 aliphatic rings. The Hall–Kier alpha value is -1.06. The summed E-state index contributed by atoms with van der Waals surface area (Å²) in [5.74, 6) is 0.842. The Bertz CT molecular complexity index is 393. The van der Waals surface area contributed by atoms with Crippen LogP contribution >= 0.6 is 0 Å². The first kappa shape index (κ1) is 13.9. The van der Waals surface area contributed by atoms with Gasteiger partial charge in [-0.1, -0.05) is 26.2 Å². The van der Waals surface area contributed by atoms with E-state index in [0.29, 0.717) is 12.5 Å². The van der Waals surface area contributed by atoms with E-state index in [1.54, 1.807) is 4.90 Å². The van der Waals surface area contributed by atoms with Gasteiger partial charge in [-0.05, 0) is 44.4 Å². The average molecular weight is 278 g/mol. The van der Waals surface area contributed by atoms with E-state index in [1.165, 1.54) is 6.42 Å². The van der Waals surface area contributed by atoms with Crippen LogP contribution < -0.4 is 5.32 Å². The lowest BCUT2D eigenvalue weighted by molar-refractivity contribution is -0.146. The zero-order valence-electron chi connectivity index (χ0n) is 12.5. The van der Waals surface area contributed by atoms with Crippen molar-refractivity contribution in [1.82, 2.24) is 10.2 Å². The molecule has 1 N–H and O–H groups in total. The molecular formula is C16H26N2O2. The second kappa shape index (κ2) is 5.38. The zero-order chi connectivity index (χ0) is 14.2. The third-order valence-electron chi connectivity index (χ3n) is 5.64. The molecule has 1 aliphatic heterocycles. The minimum atomic E-state index is -0.294. The van der Waals surface area contributed by atoms with Crippen LogP contribution in [-0.2, 0) is 4.79 Å². The molecule has 0 aromatic rings. The van der Waals surface area contributed by atoms with Crippen molar-refractivity contribution in [3.05, 3.63) is 0 Å². The van der Waals surface area contributed by atoms with Crippen LogP contribution in [0, 0.1) is 11.3 Å². The van der Waals surface area contributed by atoms with Gasteiger partial charge in [0, 0.05) is 12.6 Å². The van der Waals surface area contributed by atoms with E-state index in [9.17, 15) is 9.59 Å². The van der Waals surface area contributed by atoms with Gasteiger partial charge in [-0.3, -0.25) is 9.69 Å². The zero-order valence-corrected chi connectivity index (χ0v) is 12.5. The lowest BCUT2D eigenvalue weighted by atomic mass is 9.69. The summed E-state index contributed by atoms with van der Waals surface area (Å²) in [6.07, 6.45) is 9.62. The summed E-state index contributed by atoms with van der Waals surface area (Å²) in [5, 5.41) is 3.00. The van der Waals surface area contributed by atoms with E-state index in [2.05, 4.69) is 12.2 Å². The fourth-order valence-electron chi connectivity index (χ4n) is 4.13. The summed E-state index contributed by atoms with van der Waals surface area (Å²) >= 11 is 0. The molecule has 0 aromatic heterocycles. The molecule has 1 heterocycles.